The molecule has 0 aromatic heterocycles. The van der Waals surface area contributed by atoms with Crippen LogP contribution in [0.25, 0.3) is 0 Å². The van der Waals surface area contributed by atoms with Gasteiger partial charge in [-0.05, 0) is 37.3 Å². The molecule has 0 fully saturated rings. The molecule has 2 aromatic rings. The van der Waals surface area contributed by atoms with Crippen LogP contribution in [0.2, 0.25) is 5.02 Å². The SMILES string of the molecule is Cc1ccc(ON)c(C(=O)Nc2ccc(C(=O)O)cc2Cl)c1. The van der Waals surface area contributed by atoms with Gasteiger partial charge in [-0.2, -0.15) is 5.90 Å². The van der Waals surface area contributed by atoms with Gasteiger partial charge in [0.05, 0.1) is 21.8 Å². The molecule has 0 aliphatic rings. The van der Waals surface area contributed by atoms with Crippen molar-refractivity contribution in [2.45, 2.75) is 6.92 Å². The smallest absolute Gasteiger partial charge is 0.335 e. The lowest BCUT2D eigenvalue weighted by Gasteiger charge is -2.11. The molecule has 0 aliphatic heterocycles. The van der Waals surface area contributed by atoms with Gasteiger partial charge in [0.15, 0.2) is 5.75 Å². The lowest BCUT2D eigenvalue weighted by atomic mass is 10.1. The van der Waals surface area contributed by atoms with Crippen molar-refractivity contribution < 1.29 is 19.5 Å². The van der Waals surface area contributed by atoms with Crippen LogP contribution in [0.1, 0.15) is 26.3 Å². The number of benzene rings is 2. The third-order valence-electron chi connectivity index (χ3n) is 2.97. The molecule has 0 atom stereocenters. The minimum absolute atomic E-state index is 0.0320. The summed E-state index contributed by atoms with van der Waals surface area (Å²) < 4.78 is 0. The molecule has 0 saturated carbocycles. The first-order valence-electron chi connectivity index (χ1n) is 6.24. The van der Waals surface area contributed by atoms with Crippen molar-refractivity contribution in [3.8, 4) is 5.75 Å². The van der Waals surface area contributed by atoms with E-state index in [4.69, 9.17) is 22.6 Å². The lowest BCUT2D eigenvalue weighted by Crippen LogP contribution is -2.16. The number of halogens is 1. The molecule has 6 nitrogen and oxygen atoms in total. The van der Waals surface area contributed by atoms with Crippen LogP contribution in [0.15, 0.2) is 36.4 Å². The second-order valence-corrected chi connectivity index (χ2v) is 4.98. The van der Waals surface area contributed by atoms with Crippen LogP contribution >= 0.6 is 11.6 Å². The normalized spacial score (nSPS) is 10.1. The van der Waals surface area contributed by atoms with Crippen LogP contribution in [0.4, 0.5) is 5.69 Å². The summed E-state index contributed by atoms with van der Waals surface area (Å²) >= 11 is 5.98. The maximum atomic E-state index is 12.3. The van der Waals surface area contributed by atoms with E-state index in [9.17, 15) is 9.59 Å². The molecule has 22 heavy (non-hydrogen) atoms. The number of carboxylic acid groups (broad SMARTS) is 1. The highest BCUT2D eigenvalue weighted by atomic mass is 35.5. The molecule has 2 aromatic carbocycles. The van der Waals surface area contributed by atoms with Gasteiger partial charge in [-0.3, -0.25) is 4.79 Å². The Labute approximate surface area is 131 Å². The van der Waals surface area contributed by atoms with Crippen LogP contribution in [-0.2, 0) is 0 Å². The summed E-state index contributed by atoms with van der Waals surface area (Å²) in [7, 11) is 0. The van der Waals surface area contributed by atoms with E-state index in [0.717, 1.165) is 5.56 Å². The van der Waals surface area contributed by atoms with Crippen molar-refractivity contribution in [1.29, 1.82) is 0 Å². The van der Waals surface area contributed by atoms with Crippen molar-refractivity contribution in [1.82, 2.24) is 0 Å². The highest BCUT2D eigenvalue weighted by Gasteiger charge is 2.15. The molecule has 0 unspecified atom stereocenters. The monoisotopic (exact) mass is 320 g/mol. The van der Waals surface area contributed by atoms with Crippen molar-refractivity contribution in [3.63, 3.8) is 0 Å². The zero-order chi connectivity index (χ0) is 16.3. The molecule has 0 radical (unpaired) electrons. The van der Waals surface area contributed by atoms with Gasteiger partial charge >= 0.3 is 5.97 Å². The minimum Gasteiger partial charge on any atom is -0.478 e. The number of nitrogens with two attached hydrogens (primary N) is 1. The summed E-state index contributed by atoms with van der Waals surface area (Å²) in [4.78, 5) is 27.8. The van der Waals surface area contributed by atoms with Gasteiger partial charge in [-0.1, -0.05) is 23.2 Å². The van der Waals surface area contributed by atoms with E-state index in [-0.39, 0.29) is 21.9 Å². The number of carbonyl (C=O) groups is 2. The molecule has 0 bridgehead atoms. The van der Waals surface area contributed by atoms with E-state index in [1.807, 2.05) is 6.92 Å². The summed E-state index contributed by atoms with van der Waals surface area (Å²) in [6.45, 7) is 1.83. The van der Waals surface area contributed by atoms with Crippen LogP contribution in [0, 0.1) is 6.92 Å². The number of rotatable bonds is 4. The van der Waals surface area contributed by atoms with Crippen LogP contribution in [0.3, 0.4) is 0 Å². The summed E-state index contributed by atoms with van der Waals surface area (Å²) in [6.07, 6.45) is 0. The number of amides is 1. The predicted octanol–water partition coefficient (Wildman–Crippen LogP) is 2.85. The Morgan fingerprint density at radius 3 is 2.55 bits per heavy atom. The summed E-state index contributed by atoms with van der Waals surface area (Å²) in [5.41, 5.74) is 1.44. The Balaban J connectivity index is 2.29. The van der Waals surface area contributed by atoms with E-state index < -0.39 is 11.9 Å². The molecular weight excluding hydrogens is 308 g/mol. The second-order valence-electron chi connectivity index (χ2n) is 4.57. The highest BCUT2D eigenvalue weighted by Crippen LogP contribution is 2.26. The molecule has 2 rings (SSSR count). The summed E-state index contributed by atoms with van der Waals surface area (Å²) in [5, 5.41) is 11.6. The van der Waals surface area contributed by atoms with E-state index >= 15 is 0 Å². The van der Waals surface area contributed by atoms with E-state index in [2.05, 4.69) is 10.2 Å². The van der Waals surface area contributed by atoms with Crippen molar-refractivity contribution >= 4 is 29.2 Å². The number of anilines is 1. The number of carbonyl (C=O) groups excluding carboxylic acids is 1. The van der Waals surface area contributed by atoms with E-state index in [1.165, 1.54) is 18.2 Å². The Kier molecular flexibility index (Phi) is 4.65. The van der Waals surface area contributed by atoms with E-state index in [0.29, 0.717) is 5.69 Å². The third kappa shape index (κ3) is 3.36. The van der Waals surface area contributed by atoms with Crippen LogP contribution in [0.5, 0.6) is 5.75 Å². The number of nitrogens with one attached hydrogen (secondary N) is 1. The maximum absolute atomic E-state index is 12.3. The van der Waals surface area contributed by atoms with Gasteiger partial charge in [-0.15, -0.1) is 0 Å². The first-order valence-corrected chi connectivity index (χ1v) is 6.61. The fourth-order valence-corrected chi connectivity index (χ4v) is 2.09. The molecule has 0 saturated heterocycles. The van der Waals surface area contributed by atoms with Crippen molar-refractivity contribution in [2.24, 2.45) is 5.90 Å². The molecular formula is C15H13ClN2O4. The molecule has 114 valence electrons. The molecule has 0 aliphatic carbocycles. The molecule has 0 heterocycles. The first-order chi connectivity index (χ1) is 10.4. The number of carboxylic acids is 1. The van der Waals surface area contributed by atoms with Crippen molar-refractivity contribution in [2.75, 3.05) is 5.32 Å². The quantitative estimate of drug-likeness (QED) is 0.752. The Morgan fingerprint density at radius 1 is 1.23 bits per heavy atom. The fraction of sp³-hybridized carbons (Fsp3) is 0.0667. The minimum atomic E-state index is -1.10. The van der Waals surface area contributed by atoms with Gasteiger partial charge in [0.2, 0.25) is 0 Å². The molecule has 7 heteroatoms. The lowest BCUT2D eigenvalue weighted by molar-refractivity contribution is 0.0696. The second kappa shape index (κ2) is 6.46. The summed E-state index contributed by atoms with van der Waals surface area (Å²) in [6, 6.07) is 8.99. The van der Waals surface area contributed by atoms with Gasteiger partial charge in [0, 0.05) is 0 Å². The standard InChI is InChI=1S/C15H13ClN2O4/c1-8-2-5-13(22-17)10(6-8)14(19)18-12-4-3-9(15(20)21)7-11(12)16/h2-7H,17H2,1H3,(H,18,19)(H,20,21). The average molecular weight is 321 g/mol. The maximum Gasteiger partial charge on any atom is 0.335 e. The molecule has 1 amide bonds. The summed E-state index contributed by atoms with van der Waals surface area (Å²) in [5.74, 6) is 3.80. The van der Waals surface area contributed by atoms with Gasteiger partial charge in [-0.25, -0.2) is 4.79 Å². The highest BCUT2D eigenvalue weighted by molar-refractivity contribution is 6.34. The first kappa shape index (κ1) is 15.8. The van der Waals surface area contributed by atoms with E-state index in [1.54, 1.807) is 18.2 Å². The number of aryl methyl sites for hydroxylation is 1. The van der Waals surface area contributed by atoms with Crippen LogP contribution in [-0.4, -0.2) is 17.0 Å². The molecule has 4 N–H and O–H groups in total. The van der Waals surface area contributed by atoms with Crippen LogP contribution < -0.4 is 16.1 Å². The third-order valence-corrected chi connectivity index (χ3v) is 3.28. The number of hydrogen-bond donors (Lipinski definition) is 3. The average Bonchev–Trinajstić information content (AvgIpc) is 2.48. The zero-order valence-corrected chi connectivity index (χ0v) is 12.3. The molecule has 0 spiro atoms. The fourth-order valence-electron chi connectivity index (χ4n) is 1.86. The largest absolute Gasteiger partial charge is 0.478 e. The Morgan fingerprint density at radius 2 is 1.95 bits per heavy atom. The predicted molar refractivity (Wildman–Crippen MR) is 82.4 cm³/mol. The number of hydrogen-bond acceptors (Lipinski definition) is 4. The van der Waals surface area contributed by atoms with Gasteiger partial charge in [0.25, 0.3) is 5.91 Å². The van der Waals surface area contributed by atoms with Gasteiger partial charge in [0.1, 0.15) is 0 Å². The van der Waals surface area contributed by atoms with Gasteiger partial charge < -0.3 is 15.3 Å². The topological polar surface area (TPSA) is 102 Å². The Bertz CT molecular complexity index is 746. The Hall–Kier alpha value is -2.57. The number of aromatic carboxylic acids is 1. The zero-order valence-electron chi connectivity index (χ0n) is 11.6. The van der Waals surface area contributed by atoms with Crippen molar-refractivity contribution in [3.05, 3.63) is 58.1 Å².